The summed E-state index contributed by atoms with van der Waals surface area (Å²) in [5, 5.41) is 0. The third-order valence-corrected chi connectivity index (χ3v) is 2.43. The van der Waals surface area contributed by atoms with Crippen molar-refractivity contribution in [1.29, 1.82) is 0 Å². The van der Waals surface area contributed by atoms with Gasteiger partial charge in [0.15, 0.2) is 0 Å². The van der Waals surface area contributed by atoms with Gasteiger partial charge in [0, 0.05) is 17.3 Å². The molecule has 0 N–H and O–H groups in total. The van der Waals surface area contributed by atoms with Crippen LogP contribution in [0.1, 0.15) is 22.9 Å². The summed E-state index contributed by atoms with van der Waals surface area (Å²) in [5.74, 6) is 0.546. The highest BCUT2D eigenvalue weighted by Crippen LogP contribution is 2.22. The van der Waals surface area contributed by atoms with Crippen LogP contribution in [-0.4, -0.2) is 18.2 Å². The lowest BCUT2D eigenvalue weighted by Crippen LogP contribution is -2.26. The van der Waals surface area contributed by atoms with Crippen molar-refractivity contribution in [1.82, 2.24) is 4.98 Å². The number of rotatable bonds is 1. The van der Waals surface area contributed by atoms with E-state index in [4.69, 9.17) is 4.74 Å². The minimum atomic E-state index is 0.546. The quantitative estimate of drug-likeness (QED) is 0.630. The van der Waals surface area contributed by atoms with Gasteiger partial charge in [0.25, 0.3) is 0 Å². The predicted molar refractivity (Wildman–Crippen MR) is 47.3 cm³/mol. The Hall–Kier alpha value is -0.890. The molecule has 64 valence electrons. The van der Waals surface area contributed by atoms with Gasteiger partial charge in [-0.15, -0.1) is 0 Å². The van der Waals surface area contributed by atoms with E-state index in [9.17, 15) is 0 Å². The Morgan fingerprint density at radius 3 is 2.58 bits per heavy atom. The van der Waals surface area contributed by atoms with Crippen LogP contribution in [-0.2, 0) is 4.74 Å². The normalized spacial score (nSPS) is 17.5. The van der Waals surface area contributed by atoms with Crippen LogP contribution in [0, 0.1) is 13.8 Å². The third-order valence-electron chi connectivity index (χ3n) is 2.43. The summed E-state index contributed by atoms with van der Waals surface area (Å²) in [6.45, 7) is 5.83. The third kappa shape index (κ3) is 1.23. The number of hydrogen-bond acceptors (Lipinski definition) is 2. The molecule has 0 bridgehead atoms. The summed E-state index contributed by atoms with van der Waals surface area (Å²) in [6, 6.07) is 4.24. The Balaban J connectivity index is 2.27. The molecule has 0 amide bonds. The molecule has 0 spiro atoms. The molecule has 1 fully saturated rings. The van der Waals surface area contributed by atoms with E-state index < -0.39 is 0 Å². The highest BCUT2D eigenvalue weighted by molar-refractivity contribution is 5.23. The van der Waals surface area contributed by atoms with Crippen molar-refractivity contribution in [2.45, 2.75) is 19.8 Å². The first-order chi connectivity index (χ1) is 5.77. The fourth-order valence-corrected chi connectivity index (χ4v) is 1.28. The van der Waals surface area contributed by atoms with E-state index >= 15 is 0 Å². The molecule has 2 nitrogen and oxygen atoms in total. The lowest BCUT2D eigenvalue weighted by atomic mass is 10.0. The van der Waals surface area contributed by atoms with Crippen LogP contribution < -0.4 is 0 Å². The molecule has 0 unspecified atom stereocenters. The summed E-state index contributed by atoms with van der Waals surface area (Å²) in [5.41, 5.74) is 3.59. The molecule has 2 heteroatoms. The molecule has 1 aliphatic rings. The van der Waals surface area contributed by atoms with Gasteiger partial charge in [-0.1, -0.05) is 6.07 Å². The van der Waals surface area contributed by atoms with Gasteiger partial charge in [-0.2, -0.15) is 0 Å². The first-order valence-corrected chi connectivity index (χ1v) is 4.29. The van der Waals surface area contributed by atoms with E-state index in [0.717, 1.165) is 18.9 Å². The zero-order valence-corrected chi connectivity index (χ0v) is 7.50. The number of hydrogen-bond donors (Lipinski definition) is 0. The van der Waals surface area contributed by atoms with E-state index in [2.05, 4.69) is 31.0 Å². The number of nitrogens with zero attached hydrogens (tertiary/aromatic N) is 1. The number of pyridine rings is 1. The predicted octanol–water partition coefficient (Wildman–Crippen LogP) is 1.81. The van der Waals surface area contributed by atoms with E-state index in [1.807, 2.05) is 0 Å². The molecule has 1 saturated heterocycles. The Kier molecular flexibility index (Phi) is 1.85. The van der Waals surface area contributed by atoms with Crippen LogP contribution >= 0.6 is 0 Å². The first kappa shape index (κ1) is 7.74. The smallest absolute Gasteiger partial charge is 0.0572 e. The van der Waals surface area contributed by atoms with Crippen LogP contribution in [0.25, 0.3) is 0 Å². The SMILES string of the molecule is Cc1ccc(C2COC2)nc1C. The molecule has 2 rings (SSSR count). The largest absolute Gasteiger partial charge is 0.380 e. The van der Waals surface area contributed by atoms with Crippen molar-refractivity contribution in [3.8, 4) is 0 Å². The summed E-state index contributed by atoms with van der Waals surface area (Å²) >= 11 is 0. The van der Waals surface area contributed by atoms with Gasteiger partial charge >= 0.3 is 0 Å². The molecule has 12 heavy (non-hydrogen) atoms. The summed E-state index contributed by atoms with van der Waals surface area (Å²) in [4.78, 5) is 4.51. The monoisotopic (exact) mass is 163 g/mol. The molecule has 0 aromatic carbocycles. The average molecular weight is 163 g/mol. The van der Waals surface area contributed by atoms with Gasteiger partial charge in [-0.25, -0.2) is 0 Å². The van der Waals surface area contributed by atoms with Crippen LogP contribution in [0.4, 0.5) is 0 Å². The van der Waals surface area contributed by atoms with Gasteiger partial charge < -0.3 is 4.74 Å². The van der Waals surface area contributed by atoms with Crippen LogP contribution in [0.2, 0.25) is 0 Å². The summed E-state index contributed by atoms with van der Waals surface area (Å²) in [7, 11) is 0. The van der Waals surface area contributed by atoms with Crippen molar-refractivity contribution in [2.75, 3.05) is 13.2 Å². The van der Waals surface area contributed by atoms with Crippen molar-refractivity contribution in [3.05, 3.63) is 29.1 Å². The van der Waals surface area contributed by atoms with Gasteiger partial charge in [-0.3, -0.25) is 4.98 Å². The minimum absolute atomic E-state index is 0.546. The molecule has 1 aromatic heterocycles. The Morgan fingerprint density at radius 2 is 2.08 bits per heavy atom. The highest BCUT2D eigenvalue weighted by atomic mass is 16.5. The molecule has 1 aromatic rings. The van der Waals surface area contributed by atoms with Crippen LogP contribution in [0.5, 0.6) is 0 Å². The van der Waals surface area contributed by atoms with Gasteiger partial charge in [0.1, 0.15) is 0 Å². The Labute approximate surface area is 72.6 Å². The minimum Gasteiger partial charge on any atom is -0.380 e. The topological polar surface area (TPSA) is 22.1 Å². The molecular formula is C10H13NO. The Morgan fingerprint density at radius 1 is 1.33 bits per heavy atom. The van der Waals surface area contributed by atoms with E-state index in [-0.39, 0.29) is 0 Å². The average Bonchev–Trinajstić information content (AvgIpc) is 1.93. The van der Waals surface area contributed by atoms with Crippen molar-refractivity contribution < 1.29 is 4.74 Å². The van der Waals surface area contributed by atoms with Crippen molar-refractivity contribution in [3.63, 3.8) is 0 Å². The van der Waals surface area contributed by atoms with E-state index in [1.54, 1.807) is 0 Å². The Bertz CT molecular complexity index is 292. The molecule has 2 heterocycles. The van der Waals surface area contributed by atoms with Crippen LogP contribution in [0.15, 0.2) is 12.1 Å². The maximum Gasteiger partial charge on any atom is 0.0572 e. The van der Waals surface area contributed by atoms with Crippen molar-refractivity contribution in [2.24, 2.45) is 0 Å². The van der Waals surface area contributed by atoms with E-state index in [0.29, 0.717) is 5.92 Å². The first-order valence-electron chi connectivity index (χ1n) is 4.29. The van der Waals surface area contributed by atoms with Gasteiger partial charge in [0.2, 0.25) is 0 Å². The molecule has 1 aliphatic heterocycles. The zero-order valence-electron chi connectivity index (χ0n) is 7.50. The van der Waals surface area contributed by atoms with Crippen LogP contribution in [0.3, 0.4) is 0 Å². The molecule has 0 aliphatic carbocycles. The standard InChI is InChI=1S/C10H13NO/c1-7-3-4-10(11-8(7)2)9-5-12-6-9/h3-4,9H,5-6H2,1-2H3. The van der Waals surface area contributed by atoms with Gasteiger partial charge in [-0.05, 0) is 25.5 Å². The number of aromatic nitrogens is 1. The fraction of sp³-hybridized carbons (Fsp3) is 0.500. The lowest BCUT2D eigenvalue weighted by molar-refractivity contribution is 0.00666. The summed E-state index contributed by atoms with van der Waals surface area (Å²) < 4.78 is 5.12. The fourth-order valence-electron chi connectivity index (χ4n) is 1.28. The lowest BCUT2D eigenvalue weighted by Gasteiger charge is -2.25. The zero-order chi connectivity index (χ0) is 8.55. The molecule has 0 atom stereocenters. The second-order valence-corrected chi connectivity index (χ2v) is 3.37. The summed E-state index contributed by atoms with van der Waals surface area (Å²) in [6.07, 6.45) is 0. The molecular weight excluding hydrogens is 150 g/mol. The maximum absolute atomic E-state index is 5.12. The van der Waals surface area contributed by atoms with E-state index in [1.165, 1.54) is 11.3 Å². The number of aryl methyl sites for hydroxylation is 2. The second-order valence-electron chi connectivity index (χ2n) is 3.37. The van der Waals surface area contributed by atoms with Crippen molar-refractivity contribution >= 4 is 0 Å². The number of ether oxygens (including phenoxy) is 1. The highest BCUT2D eigenvalue weighted by Gasteiger charge is 2.21. The molecule has 0 radical (unpaired) electrons. The maximum atomic E-state index is 5.12. The van der Waals surface area contributed by atoms with Gasteiger partial charge in [0.05, 0.1) is 13.2 Å². The second kappa shape index (κ2) is 2.87. The molecule has 0 saturated carbocycles.